The van der Waals surface area contributed by atoms with Crippen molar-refractivity contribution in [1.29, 1.82) is 0 Å². The Balaban J connectivity index is 1.56. The fraction of sp³-hybridized carbons (Fsp3) is 0.115. The molecule has 0 bridgehead atoms. The third-order valence-corrected chi connectivity index (χ3v) is 6.66. The van der Waals surface area contributed by atoms with Crippen LogP contribution < -0.4 is 10.6 Å². The van der Waals surface area contributed by atoms with Crippen LogP contribution in [0.3, 0.4) is 0 Å². The molecule has 7 nitrogen and oxygen atoms in total. The topological polar surface area (TPSA) is 79.3 Å². The summed E-state index contributed by atoms with van der Waals surface area (Å²) in [5.41, 5.74) is 2.50. The Morgan fingerprint density at radius 3 is 2.30 bits per heavy atom. The van der Waals surface area contributed by atoms with E-state index in [1.807, 2.05) is 30.3 Å². The summed E-state index contributed by atoms with van der Waals surface area (Å²) >= 11 is 24.4. The number of aromatic nitrogens is 2. The summed E-state index contributed by atoms with van der Waals surface area (Å²) in [6.07, 6.45) is 0. The smallest absolute Gasteiger partial charge is 0.315 e. The van der Waals surface area contributed by atoms with Crippen LogP contribution in [0, 0.1) is 0 Å². The number of benzene rings is 3. The summed E-state index contributed by atoms with van der Waals surface area (Å²) < 4.78 is 1.56. The highest BCUT2D eigenvalue weighted by molar-refractivity contribution is 6.42. The molecule has 1 heterocycles. The Morgan fingerprint density at radius 2 is 1.62 bits per heavy atom. The number of carbonyl (C=O) groups excluding carboxylic acids is 2. The van der Waals surface area contributed by atoms with Gasteiger partial charge in [-0.15, -0.1) is 0 Å². The zero-order valence-electron chi connectivity index (χ0n) is 19.5. The summed E-state index contributed by atoms with van der Waals surface area (Å²) in [7, 11) is 0. The summed E-state index contributed by atoms with van der Waals surface area (Å²) in [6, 6.07) is 20.6. The Hall–Kier alpha value is -3.23. The Kier molecular flexibility index (Phi) is 8.61. The van der Waals surface area contributed by atoms with Crippen LogP contribution >= 0.6 is 46.4 Å². The van der Waals surface area contributed by atoms with Crippen molar-refractivity contribution < 1.29 is 9.59 Å². The molecule has 190 valence electrons. The van der Waals surface area contributed by atoms with Crippen LogP contribution in [0.5, 0.6) is 0 Å². The predicted molar refractivity (Wildman–Crippen MR) is 150 cm³/mol. The molecule has 0 unspecified atom stereocenters. The van der Waals surface area contributed by atoms with Crippen molar-refractivity contribution in [3.63, 3.8) is 0 Å². The number of amides is 3. The van der Waals surface area contributed by atoms with Crippen molar-refractivity contribution in [2.24, 2.45) is 0 Å². The minimum atomic E-state index is -0.482. The van der Waals surface area contributed by atoms with Gasteiger partial charge >= 0.3 is 6.03 Å². The zero-order valence-corrected chi connectivity index (χ0v) is 22.5. The first-order chi connectivity index (χ1) is 17.7. The number of urea groups is 1. The molecule has 0 saturated carbocycles. The summed E-state index contributed by atoms with van der Waals surface area (Å²) in [4.78, 5) is 27.2. The lowest BCUT2D eigenvalue weighted by Crippen LogP contribution is -2.40. The van der Waals surface area contributed by atoms with Gasteiger partial charge in [0, 0.05) is 23.2 Å². The molecule has 0 aliphatic heterocycles. The van der Waals surface area contributed by atoms with Crippen molar-refractivity contribution in [2.45, 2.75) is 6.92 Å². The second kappa shape index (κ2) is 11.9. The van der Waals surface area contributed by atoms with Crippen LogP contribution in [0.4, 0.5) is 16.3 Å². The van der Waals surface area contributed by atoms with Gasteiger partial charge in [0.25, 0.3) is 0 Å². The third-order valence-electron chi connectivity index (χ3n) is 5.37. The fourth-order valence-corrected chi connectivity index (χ4v) is 4.25. The van der Waals surface area contributed by atoms with Crippen LogP contribution in [-0.2, 0) is 4.79 Å². The number of anilines is 2. The molecule has 0 atom stereocenters. The first-order valence-corrected chi connectivity index (χ1v) is 12.7. The van der Waals surface area contributed by atoms with Crippen LogP contribution in [0.25, 0.3) is 16.9 Å². The monoisotopic (exact) mass is 575 g/mol. The van der Waals surface area contributed by atoms with Gasteiger partial charge in [-0.1, -0.05) is 76.7 Å². The van der Waals surface area contributed by atoms with Gasteiger partial charge in [-0.3, -0.25) is 4.79 Å². The highest BCUT2D eigenvalue weighted by atomic mass is 35.5. The molecular weight excluding hydrogens is 556 g/mol. The normalized spacial score (nSPS) is 10.7. The lowest BCUT2D eigenvalue weighted by Gasteiger charge is -2.21. The molecule has 2 N–H and O–H groups in total. The number of nitrogens with one attached hydrogen (secondary N) is 2. The maximum atomic E-state index is 13.0. The van der Waals surface area contributed by atoms with Gasteiger partial charge in [-0.25, -0.2) is 9.48 Å². The summed E-state index contributed by atoms with van der Waals surface area (Å²) in [5, 5.41) is 11.7. The molecule has 3 amide bonds. The average molecular weight is 577 g/mol. The van der Waals surface area contributed by atoms with Crippen molar-refractivity contribution in [3.8, 4) is 16.9 Å². The van der Waals surface area contributed by atoms with Gasteiger partial charge in [-0.05, 0) is 43.3 Å². The Bertz CT molecular complexity index is 1440. The molecule has 1 aromatic heterocycles. The average Bonchev–Trinajstić information content (AvgIpc) is 3.30. The molecule has 0 radical (unpaired) electrons. The number of likely N-dealkylation sites (N-methyl/N-ethyl adjacent to an activating group) is 1. The molecule has 3 aromatic carbocycles. The highest BCUT2D eigenvalue weighted by Crippen LogP contribution is 2.29. The van der Waals surface area contributed by atoms with Crippen LogP contribution in [0.1, 0.15) is 6.92 Å². The van der Waals surface area contributed by atoms with E-state index in [2.05, 4.69) is 15.7 Å². The second-order valence-electron chi connectivity index (χ2n) is 7.91. The number of rotatable bonds is 7. The number of hydrogen-bond acceptors (Lipinski definition) is 3. The van der Waals surface area contributed by atoms with E-state index in [1.54, 1.807) is 48.0 Å². The molecule has 0 saturated heterocycles. The molecule has 0 fully saturated rings. The largest absolute Gasteiger partial charge is 0.322 e. The molecule has 0 aliphatic carbocycles. The standard InChI is InChI=1S/C26H21Cl4N5O2/c1-2-34(26(37)31-22-11-8-17(27)12-21(22)30)15-25(36)32-24-14-23(16-6-4-3-5-7-16)33-35(24)18-9-10-19(28)20(29)13-18/h3-14H,2,15H2,1H3,(H,31,37)(H,32,36). The van der Waals surface area contributed by atoms with Crippen molar-refractivity contribution in [2.75, 3.05) is 23.7 Å². The van der Waals surface area contributed by atoms with Crippen LogP contribution in [0.2, 0.25) is 20.1 Å². The minimum Gasteiger partial charge on any atom is -0.315 e. The van der Waals surface area contributed by atoms with Gasteiger partial charge < -0.3 is 15.5 Å². The van der Waals surface area contributed by atoms with Crippen molar-refractivity contribution in [1.82, 2.24) is 14.7 Å². The van der Waals surface area contributed by atoms with E-state index < -0.39 is 11.9 Å². The molecule has 0 aliphatic rings. The zero-order chi connectivity index (χ0) is 26.5. The van der Waals surface area contributed by atoms with Gasteiger partial charge in [0.05, 0.1) is 32.1 Å². The van der Waals surface area contributed by atoms with E-state index in [1.165, 1.54) is 11.0 Å². The SMILES string of the molecule is CCN(CC(=O)Nc1cc(-c2ccccc2)nn1-c1ccc(Cl)c(Cl)c1)C(=O)Nc1ccc(Cl)cc1Cl. The van der Waals surface area contributed by atoms with Crippen molar-refractivity contribution >= 4 is 69.8 Å². The van der Waals surface area contributed by atoms with E-state index in [4.69, 9.17) is 46.4 Å². The lowest BCUT2D eigenvalue weighted by atomic mass is 10.1. The quantitative estimate of drug-likeness (QED) is 0.237. The van der Waals surface area contributed by atoms with E-state index in [9.17, 15) is 9.59 Å². The van der Waals surface area contributed by atoms with Crippen LogP contribution in [0.15, 0.2) is 72.8 Å². The number of hydrogen-bond donors (Lipinski definition) is 2. The van der Waals surface area contributed by atoms with E-state index >= 15 is 0 Å². The maximum Gasteiger partial charge on any atom is 0.322 e. The third kappa shape index (κ3) is 6.56. The molecule has 0 spiro atoms. The number of halogens is 4. The van der Waals surface area contributed by atoms with E-state index in [-0.39, 0.29) is 13.1 Å². The Labute approximate surface area is 233 Å². The van der Waals surface area contributed by atoms with E-state index in [0.717, 1.165) is 5.56 Å². The molecule has 11 heteroatoms. The maximum absolute atomic E-state index is 13.0. The van der Waals surface area contributed by atoms with Gasteiger partial charge in [0.1, 0.15) is 12.4 Å². The summed E-state index contributed by atoms with van der Waals surface area (Å²) in [5.74, 6) is -0.0144. The van der Waals surface area contributed by atoms with Gasteiger partial charge in [0.2, 0.25) is 5.91 Å². The Morgan fingerprint density at radius 1 is 0.865 bits per heavy atom. The van der Waals surface area contributed by atoms with Gasteiger partial charge in [0.15, 0.2) is 0 Å². The number of nitrogens with zero attached hydrogens (tertiary/aromatic N) is 3. The first kappa shape index (κ1) is 26.8. The molecular formula is C26H21Cl4N5O2. The fourth-order valence-electron chi connectivity index (χ4n) is 3.50. The lowest BCUT2D eigenvalue weighted by molar-refractivity contribution is -0.116. The molecule has 37 heavy (non-hydrogen) atoms. The van der Waals surface area contributed by atoms with Gasteiger partial charge in [-0.2, -0.15) is 5.10 Å². The highest BCUT2D eigenvalue weighted by Gasteiger charge is 2.20. The first-order valence-electron chi connectivity index (χ1n) is 11.2. The van der Waals surface area contributed by atoms with E-state index in [0.29, 0.717) is 43.0 Å². The predicted octanol–water partition coefficient (Wildman–Crippen LogP) is 7.65. The van der Waals surface area contributed by atoms with Crippen LogP contribution in [-0.4, -0.2) is 39.7 Å². The minimum absolute atomic E-state index is 0.208. The number of carbonyl (C=O) groups is 2. The second-order valence-corrected chi connectivity index (χ2v) is 9.57. The summed E-state index contributed by atoms with van der Waals surface area (Å²) in [6.45, 7) is 1.84. The van der Waals surface area contributed by atoms with Crippen molar-refractivity contribution in [3.05, 3.63) is 92.9 Å². The molecule has 4 rings (SSSR count). The molecule has 4 aromatic rings.